The Balaban J connectivity index is 1.95. The minimum absolute atomic E-state index is 0.0393. The number of fused-ring (bicyclic) bond motifs is 1. The Morgan fingerprint density at radius 3 is 2.23 bits per heavy atom. The third-order valence-corrected chi connectivity index (χ3v) is 5.85. The van der Waals surface area contributed by atoms with E-state index < -0.39 is 47.8 Å². The van der Waals surface area contributed by atoms with Gasteiger partial charge in [0.1, 0.15) is 18.3 Å². The summed E-state index contributed by atoms with van der Waals surface area (Å²) in [6, 6.07) is 1.78. The Morgan fingerprint density at radius 2 is 1.63 bits per heavy atom. The molecular weight excluding hydrogens is 402 g/mol. The van der Waals surface area contributed by atoms with Gasteiger partial charge in [0.25, 0.3) is 0 Å². The van der Waals surface area contributed by atoms with Gasteiger partial charge in [-0.1, -0.05) is 0 Å². The third kappa shape index (κ3) is 2.75. The molecule has 4 rings (SSSR count). The van der Waals surface area contributed by atoms with Crippen LogP contribution in [0.3, 0.4) is 0 Å². The molecule has 4 N–H and O–H groups in total. The van der Waals surface area contributed by atoms with E-state index in [2.05, 4.69) is 0 Å². The van der Waals surface area contributed by atoms with Crippen molar-refractivity contribution in [2.24, 2.45) is 14.1 Å². The van der Waals surface area contributed by atoms with E-state index in [1.807, 2.05) is 0 Å². The summed E-state index contributed by atoms with van der Waals surface area (Å²) >= 11 is 0. The summed E-state index contributed by atoms with van der Waals surface area (Å²) in [6.07, 6.45) is -6.70. The van der Waals surface area contributed by atoms with E-state index in [1.54, 1.807) is 0 Å². The Morgan fingerprint density at radius 1 is 0.967 bits per heavy atom. The molecule has 1 fully saturated rings. The van der Waals surface area contributed by atoms with Crippen LogP contribution in [0, 0.1) is 0 Å². The van der Waals surface area contributed by atoms with Crippen LogP contribution in [0.1, 0.15) is 17.5 Å². The van der Waals surface area contributed by atoms with E-state index in [4.69, 9.17) is 14.2 Å². The van der Waals surface area contributed by atoms with Crippen molar-refractivity contribution in [2.45, 2.75) is 36.4 Å². The lowest BCUT2D eigenvalue weighted by atomic mass is 9.73. The Bertz CT molecular complexity index is 1090. The molecule has 0 saturated heterocycles. The average molecular weight is 425 g/mol. The molecule has 0 radical (unpaired) electrons. The standard InChI is InChI=1S/C18H23N3O9/c1-19-17(26)20(2)21(18(19)27)11-10(12(22)14(24)15(25)13(11)23)7-4-8(28-3)16-9(5-7)29-6-30-16/h4-5,10-15,22-25H,6H2,1-3H3/t10-,11-,12-,13+,14+,15+/m1/s1. The molecule has 2 heterocycles. The van der Waals surface area contributed by atoms with Gasteiger partial charge in [0.2, 0.25) is 12.5 Å². The second-order valence-electron chi connectivity index (χ2n) is 7.43. The van der Waals surface area contributed by atoms with Gasteiger partial charge in [0, 0.05) is 20.0 Å². The highest BCUT2D eigenvalue weighted by molar-refractivity contribution is 5.56. The maximum absolute atomic E-state index is 12.7. The molecule has 6 atom stereocenters. The van der Waals surface area contributed by atoms with Crippen LogP contribution in [0.5, 0.6) is 17.2 Å². The number of hydrogen-bond acceptors (Lipinski definition) is 9. The molecule has 1 saturated carbocycles. The summed E-state index contributed by atoms with van der Waals surface area (Å²) in [5.41, 5.74) is -1.05. The maximum atomic E-state index is 12.7. The predicted molar refractivity (Wildman–Crippen MR) is 99.8 cm³/mol. The van der Waals surface area contributed by atoms with Gasteiger partial charge in [-0.25, -0.2) is 23.5 Å². The van der Waals surface area contributed by atoms with Crippen molar-refractivity contribution in [3.8, 4) is 17.2 Å². The summed E-state index contributed by atoms with van der Waals surface area (Å²) in [4.78, 5) is 25.0. The second-order valence-corrected chi connectivity index (χ2v) is 7.43. The lowest BCUT2D eigenvalue weighted by molar-refractivity contribution is -0.166. The molecule has 30 heavy (non-hydrogen) atoms. The molecule has 12 nitrogen and oxygen atoms in total. The molecule has 0 amide bonds. The lowest BCUT2D eigenvalue weighted by Crippen LogP contribution is -2.59. The highest BCUT2D eigenvalue weighted by atomic mass is 16.7. The van der Waals surface area contributed by atoms with Gasteiger partial charge in [-0.15, -0.1) is 0 Å². The Labute approximate surface area is 169 Å². The summed E-state index contributed by atoms with van der Waals surface area (Å²) in [6.45, 7) is -0.0393. The molecule has 0 spiro atoms. The molecule has 12 heteroatoms. The molecule has 2 aromatic rings. The Kier molecular flexibility index (Phi) is 4.89. The van der Waals surface area contributed by atoms with Crippen LogP contribution >= 0.6 is 0 Å². The first-order chi connectivity index (χ1) is 14.2. The zero-order valence-electron chi connectivity index (χ0n) is 16.5. The largest absolute Gasteiger partial charge is 0.493 e. The van der Waals surface area contributed by atoms with Crippen molar-refractivity contribution < 1.29 is 34.6 Å². The van der Waals surface area contributed by atoms with Crippen molar-refractivity contribution in [3.05, 3.63) is 38.7 Å². The Hall–Kier alpha value is -2.80. The minimum atomic E-state index is -1.75. The van der Waals surface area contributed by atoms with Crippen LogP contribution in [0.25, 0.3) is 0 Å². The smallest absolute Gasteiger partial charge is 0.347 e. The van der Waals surface area contributed by atoms with Crippen LogP contribution in [0.15, 0.2) is 21.7 Å². The van der Waals surface area contributed by atoms with E-state index in [0.717, 1.165) is 13.9 Å². The van der Waals surface area contributed by atoms with Crippen molar-refractivity contribution in [2.75, 3.05) is 13.9 Å². The van der Waals surface area contributed by atoms with E-state index in [-0.39, 0.29) is 12.5 Å². The topological polar surface area (TPSA) is 158 Å². The number of aliphatic hydroxyl groups excluding tert-OH is 4. The first kappa shape index (κ1) is 20.5. The minimum Gasteiger partial charge on any atom is -0.493 e. The second kappa shape index (κ2) is 7.16. The number of hydrogen-bond donors (Lipinski definition) is 4. The zero-order chi connectivity index (χ0) is 21.9. The quantitative estimate of drug-likeness (QED) is 0.414. The summed E-state index contributed by atoms with van der Waals surface area (Å²) in [5, 5.41) is 42.2. The number of benzene rings is 1. The molecule has 1 aromatic heterocycles. The van der Waals surface area contributed by atoms with Crippen molar-refractivity contribution >= 4 is 0 Å². The molecule has 0 bridgehead atoms. The van der Waals surface area contributed by atoms with Crippen molar-refractivity contribution in [1.82, 2.24) is 13.9 Å². The van der Waals surface area contributed by atoms with E-state index in [1.165, 1.54) is 33.3 Å². The van der Waals surface area contributed by atoms with E-state index in [9.17, 15) is 30.0 Å². The molecule has 1 aliphatic heterocycles. The summed E-state index contributed by atoms with van der Waals surface area (Å²) < 4.78 is 18.9. The van der Waals surface area contributed by atoms with Crippen LogP contribution in [-0.4, -0.2) is 72.7 Å². The molecule has 0 unspecified atom stereocenters. The van der Waals surface area contributed by atoms with Crippen LogP contribution < -0.4 is 25.6 Å². The fourth-order valence-electron chi connectivity index (χ4n) is 4.27. The van der Waals surface area contributed by atoms with Gasteiger partial charge in [-0.3, -0.25) is 0 Å². The van der Waals surface area contributed by atoms with Gasteiger partial charge in [-0.05, 0) is 17.7 Å². The highest BCUT2D eigenvalue weighted by Crippen LogP contribution is 2.48. The number of methoxy groups -OCH3 is 1. The van der Waals surface area contributed by atoms with Gasteiger partial charge in [0.05, 0.1) is 19.3 Å². The number of aliphatic hydroxyl groups is 4. The highest BCUT2D eigenvalue weighted by Gasteiger charge is 2.52. The number of nitrogens with zero attached hydrogens (tertiary/aromatic N) is 3. The van der Waals surface area contributed by atoms with Gasteiger partial charge < -0.3 is 34.6 Å². The first-order valence-electron chi connectivity index (χ1n) is 9.23. The lowest BCUT2D eigenvalue weighted by Gasteiger charge is -2.44. The molecule has 2 aliphatic rings. The zero-order valence-corrected chi connectivity index (χ0v) is 16.5. The predicted octanol–water partition coefficient (Wildman–Crippen LogP) is -2.60. The summed E-state index contributed by atoms with van der Waals surface area (Å²) in [5.74, 6) is -0.143. The number of rotatable bonds is 3. The van der Waals surface area contributed by atoms with Gasteiger partial charge >= 0.3 is 11.4 Å². The van der Waals surface area contributed by atoms with Crippen LogP contribution in [0.4, 0.5) is 0 Å². The number of aromatic nitrogens is 3. The van der Waals surface area contributed by atoms with Crippen molar-refractivity contribution in [3.63, 3.8) is 0 Å². The summed E-state index contributed by atoms with van der Waals surface area (Å²) in [7, 11) is 4.02. The van der Waals surface area contributed by atoms with Crippen LogP contribution in [-0.2, 0) is 14.1 Å². The SMILES string of the molecule is COc1cc([C@H]2[C@@H](O)[C@H](O)[C@@H](O)[C@@H](O)[C@@H]2n2c(=O)n(C)c(=O)n2C)cc2c1OCO2. The molecule has 1 aliphatic carbocycles. The fraction of sp³-hybridized carbons (Fsp3) is 0.556. The third-order valence-electron chi connectivity index (χ3n) is 5.85. The van der Waals surface area contributed by atoms with Gasteiger partial charge in [-0.2, -0.15) is 0 Å². The molecular formula is C18H23N3O9. The molecule has 164 valence electrons. The van der Waals surface area contributed by atoms with E-state index >= 15 is 0 Å². The van der Waals surface area contributed by atoms with E-state index in [0.29, 0.717) is 17.1 Å². The normalized spacial score (nSPS) is 30.5. The van der Waals surface area contributed by atoms with Gasteiger partial charge in [0.15, 0.2) is 11.5 Å². The monoisotopic (exact) mass is 425 g/mol. The maximum Gasteiger partial charge on any atom is 0.347 e. The molecule has 1 aromatic carbocycles. The first-order valence-corrected chi connectivity index (χ1v) is 9.23. The van der Waals surface area contributed by atoms with Crippen LogP contribution in [0.2, 0.25) is 0 Å². The number of ether oxygens (including phenoxy) is 3. The average Bonchev–Trinajstić information content (AvgIpc) is 3.28. The fourth-order valence-corrected chi connectivity index (χ4v) is 4.27. The van der Waals surface area contributed by atoms with Crippen molar-refractivity contribution in [1.29, 1.82) is 0 Å².